The van der Waals surface area contributed by atoms with E-state index in [4.69, 9.17) is 17.5 Å². The van der Waals surface area contributed by atoms with E-state index in [1.54, 1.807) is 54.6 Å². The highest BCUT2D eigenvalue weighted by molar-refractivity contribution is 7.92. The second-order valence-electron chi connectivity index (χ2n) is 8.21. The van der Waals surface area contributed by atoms with Gasteiger partial charge in [-0.15, -0.1) is 0 Å². The lowest BCUT2D eigenvalue weighted by atomic mass is 10.1. The summed E-state index contributed by atoms with van der Waals surface area (Å²) >= 11 is 6.37. The molecular weight excluding hydrogens is 514 g/mol. The molecule has 0 spiro atoms. The third-order valence-corrected chi connectivity index (χ3v) is 7.71. The van der Waals surface area contributed by atoms with Gasteiger partial charge in [-0.05, 0) is 66.4 Å². The van der Waals surface area contributed by atoms with Gasteiger partial charge in [0.25, 0.3) is 10.0 Å². The average molecular weight is 542 g/mol. The molecule has 0 aliphatic carbocycles. The van der Waals surface area contributed by atoms with E-state index in [9.17, 15) is 18.0 Å². The first kappa shape index (κ1) is 27.9. The predicted octanol–water partition coefficient (Wildman–Crippen LogP) is 4.15. The second kappa shape index (κ2) is 12.5. The van der Waals surface area contributed by atoms with Gasteiger partial charge in [0.05, 0.1) is 10.6 Å². The Labute approximate surface area is 221 Å². The fourth-order valence-electron chi connectivity index (χ4n) is 3.67. The van der Waals surface area contributed by atoms with Crippen LogP contribution in [0.2, 0.25) is 5.02 Å². The van der Waals surface area contributed by atoms with Crippen molar-refractivity contribution in [2.75, 3.05) is 10.8 Å². The number of carbonyl (C=O) groups is 2. The largest absolute Gasteiger partial charge is 0.370 e. The minimum absolute atomic E-state index is 0.0726. The maximum atomic E-state index is 13.7. The van der Waals surface area contributed by atoms with Crippen LogP contribution in [0.15, 0.2) is 77.7 Å². The highest BCUT2D eigenvalue weighted by atomic mass is 35.5. The summed E-state index contributed by atoms with van der Waals surface area (Å²) in [6.07, 6.45) is 3.19. The Bertz CT molecular complexity index is 1410. The molecular formula is C27H28ClN3O5S. The van der Waals surface area contributed by atoms with Gasteiger partial charge in [0.1, 0.15) is 6.54 Å². The van der Waals surface area contributed by atoms with Gasteiger partial charge >= 0.3 is 5.97 Å². The Morgan fingerprint density at radius 1 is 1.08 bits per heavy atom. The van der Waals surface area contributed by atoms with Crippen LogP contribution < -0.4 is 15.5 Å². The molecule has 3 N–H and O–H groups in total. The third-order valence-electron chi connectivity index (χ3n) is 5.58. The van der Waals surface area contributed by atoms with E-state index in [0.29, 0.717) is 28.3 Å². The summed E-state index contributed by atoms with van der Waals surface area (Å²) in [7, 11) is -4.07. The molecule has 0 aliphatic rings. The smallest absolute Gasteiger partial charge is 0.349 e. The fraction of sp³-hybridized carbons (Fsp3) is 0.185. The van der Waals surface area contributed by atoms with Crippen molar-refractivity contribution in [3.8, 4) is 0 Å². The maximum absolute atomic E-state index is 13.7. The molecule has 37 heavy (non-hydrogen) atoms. The van der Waals surface area contributed by atoms with E-state index >= 15 is 0 Å². The fourth-order valence-corrected chi connectivity index (χ4v) is 5.42. The molecule has 10 heteroatoms. The van der Waals surface area contributed by atoms with Crippen LogP contribution >= 0.6 is 11.6 Å². The lowest BCUT2D eigenvalue weighted by Crippen LogP contribution is -2.41. The highest BCUT2D eigenvalue weighted by Gasteiger charge is 2.29. The molecule has 0 saturated carbocycles. The molecule has 194 valence electrons. The predicted molar refractivity (Wildman–Crippen MR) is 144 cm³/mol. The van der Waals surface area contributed by atoms with Gasteiger partial charge < -0.3 is 10.2 Å². The summed E-state index contributed by atoms with van der Waals surface area (Å²) < 4.78 is 28.4. The van der Waals surface area contributed by atoms with E-state index in [1.807, 2.05) is 13.8 Å². The molecule has 0 atom stereocenters. The Hall–Kier alpha value is -3.66. The minimum atomic E-state index is -4.07. The van der Waals surface area contributed by atoms with Crippen LogP contribution in [0.1, 0.15) is 29.2 Å². The van der Waals surface area contributed by atoms with E-state index in [-0.39, 0.29) is 11.4 Å². The number of halogens is 1. The molecule has 0 radical (unpaired) electrons. The molecule has 0 bridgehead atoms. The lowest BCUT2D eigenvalue weighted by Gasteiger charge is -2.26. The van der Waals surface area contributed by atoms with Crippen LogP contribution in [0.3, 0.4) is 0 Å². The van der Waals surface area contributed by atoms with Crippen molar-refractivity contribution in [1.29, 1.82) is 0 Å². The average Bonchev–Trinajstić information content (AvgIpc) is 2.89. The van der Waals surface area contributed by atoms with Gasteiger partial charge in [-0.1, -0.05) is 60.5 Å². The standard InChI is InChI=1S/C27H28ClN3O5S/c1-3-23-24(28)8-5-9-25(23)31(37(34,35)22-13-10-19(2)11-14-22)18-26(32)30-17-21-7-4-6-20(16-21)12-15-27(33)36-29/h4-16H,3,17-18,29H2,1-2H3,(H,30,32)/b15-12+. The van der Waals surface area contributed by atoms with Gasteiger partial charge in [0.2, 0.25) is 5.91 Å². The Morgan fingerprint density at radius 3 is 2.46 bits per heavy atom. The third kappa shape index (κ3) is 7.19. The zero-order valence-corrected chi connectivity index (χ0v) is 22.1. The van der Waals surface area contributed by atoms with E-state index in [1.165, 1.54) is 24.3 Å². The first-order chi connectivity index (χ1) is 17.6. The van der Waals surface area contributed by atoms with Gasteiger partial charge in [-0.25, -0.2) is 13.2 Å². The number of nitrogens with one attached hydrogen (secondary N) is 1. The number of aryl methyl sites for hydroxylation is 1. The summed E-state index contributed by atoms with van der Waals surface area (Å²) in [6.45, 7) is 3.44. The zero-order chi connectivity index (χ0) is 27.0. The molecule has 3 aromatic carbocycles. The van der Waals surface area contributed by atoms with Crippen molar-refractivity contribution in [2.24, 2.45) is 5.90 Å². The van der Waals surface area contributed by atoms with Crippen molar-refractivity contribution in [2.45, 2.75) is 31.7 Å². The quantitative estimate of drug-likeness (QED) is 0.294. The van der Waals surface area contributed by atoms with Crippen LogP contribution in [0.5, 0.6) is 0 Å². The van der Waals surface area contributed by atoms with Crippen molar-refractivity contribution >= 4 is 45.3 Å². The second-order valence-corrected chi connectivity index (χ2v) is 10.5. The van der Waals surface area contributed by atoms with Gasteiger partial charge in [0, 0.05) is 17.6 Å². The van der Waals surface area contributed by atoms with Crippen molar-refractivity contribution in [3.63, 3.8) is 0 Å². The summed E-state index contributed by atoms with van der Waals surface area (Å²) in [5.41, 5.74) is 3.35. The normalized spacial score (nSPS) is 11.4. The number of benzene rings is 3. The van der Waals surface area contributed by atoms with Gasteiger partial charge in [-0.2, -0.15) is 5.90 Å². The van der Waals surface area contributed by atoms with Crippen LogP contribution in [0.25, 0.3) is 6.08 Å². The van der Waals surface area contributed by atoms with Gasteiger partial charge in [-0.3, -0.25) is 9.10 Å². The minimum Gasteiger partial charge on any atom is -0.370 e. The molecule has 0 unspecified atom stereocenters. The number of amides is 1. The molecule has 0 saturated heterocycles. The number of carbonyl (C=O) groups excluding carboxylic acids is 2. The van der Waals surface area contributed by atoms with E-state index in [2.05, 4.69) is 10.2 Å². The van der Waals surface area contributed by atoms with Crippen molar-refractivity contribution < 1.29 is 22.8 Å². The number of rotatable bonds is 10. The van der Waals surface area contributed by atoms with Crippen LogP contribution in [-0.4, -0.2) is 26.8 Å². The topological polar surface area (TPSA) is 119 Å². The summed E-state index contributed by atoms with van der Waals surface area (Å²) in [5.74, 6) is 3.64. The monoisotopic (exact) mass is 541 g/mol. The number of nitrogens with zero attached hydrogens (tertiary/aromatic N) is 1. The van der Waals surface area contributed by atoms with Crippen LogP contribution in [-0.2, 0) is 37.4 Å². The SMILES string of the molecule is CCc1c(Cl)cccc1N(CC(=O)NCc1cccc(/C=C/C(=O)ON)c1)S(=O)(=O)c1ccc(C)cc1. The molecule has 1 amide bonds. The molecule has 3 aromatic rings. The molecule has 0 fully saturated rings. The van der Waals surface area contributed by atoms with E-state index in [0.717, 1.165) is 15.4 Å². The van der Waals surface area contributed by atoms with Crippen molar-refractivity contribution in [1.82, 2.24) is 5.32 Å². The highest BCUT2D eigenvalue weighted by Crippen LogP contribution is 2.32. The summed E-state index contributed by atoms with van der Waals surface area (Å²) in [4.78, 5) is 28.4. The zero-order valence-electron chi connectivity index (χ0n) is 20.5. The summed E-state index contributed by atoms with van der Waals surface area (Å²) in [6, 6.07) is 18.6. The maximum Gasteiger partial charge on any atom is 0.349 e. The number of anilines is 1. The Morgan fingerprint density at radius 2 is 1.78 bits per heavy atom. The molecule has 0 heterocycles. The molecule has 8 nitrogen and oxygen atoms in total. The van der Waals surface area contributed by atoms with Crippen LogP contribution in [0, 0.1) is 6.92 Å². The van der Waals surface area contributed by atoms with Gasteiger partial charge in [0.15, 0.2) is 0 Å². The number of hydrogen-bond acceptors (Lipinski definition) is 6. The Balaban J connectivity index is 1.86. The number of nitrogens with two attached hydrogens (primary N) is 1. The molecule has 0 aliphatic heterocycles. The first-order valence-corrected chi connectivity index (χ1v) is 13.3. The van der Waals surface area contributed by atoms with Crippen LogP contribution in [0.4, 0.5) is 5.69 Å². The number of sulfonamides is 1. The number of hydrogen-bond donors (Lipinski definition) is 2. The molecule has 0 aromatic heterocycles. The molecule has 3 rings (SSSR count). The lowest BCUT2D eigenvalue weighted by molar-refractivity contribution is -0.138. The first-order valence-electron chi connectivity index (χ1n) is 11.5. The Kier molecular flexibility index (Phi) is 9.46. The van der Waals surface area contributed by atoms with Crippen molar-refractivity contribution in [3.05, 3.63) is 100 Å². The summed E-state index contributed by atoms with van der Waals surface area (Å²) in [5, 5.41) is 3.20. The van der Waals surface area contributed by atoms with E-state index < -0.39 is 28.4 Å².